The number of H-pyrrole nitrogens is 1. The Hall–Kier alpha value is -1.16. The standard InChI is InChI=1S/C9H8N2OS/c12-9-8-7(10-4-11-9)5-2-1-3-6(5)13-8/h4H,1-3H2,(H,10,11,12). The quantitative estimate of drug-likeness (QED) is 0.687. The van der Waals surface area contributed by atoms with Gasteiger partial charge >= 0.3 is 0 Å². The molecule has 13 heavy (non-hydrogen) atoms. The number of nitrogens with zero attached hydrogens (tertiary/aromatic N) is 1. The van der Waals surface area contributed by atoms with Crippen molar-refractivity contribution in [2.45, 2.75) is 19.3 Å². The fraction of sp³-hybridized carbons (Fsp3) is 0.333. The molecule has 4 heteroatoms. The Morgan fingerprint density at radius 3 is 3.31 bits per heavy atom. The molecule has 0 unspecified atom stereocenters. The van der Waals surface area contributed by atoms with Crippen molar-refractivity contribution in [3.05, 3.63) is 27.1 Å². The first kappa shape index (κ1) is 7.26. The van der Waals surface area contributed by atoms with Gasteiger partial charge in [0.25, 0.3) is 5.56 Å². The smallest absolute Gasteiger partial charge is 0.268 e. The maximum Gasteiger partial charge on any atom is 0.268 e. The highest BCUT2D eigenvalue weighted by Gasteiger charge is 2.19. The molecule has 0 spiro atoms. The Morgan fingerprint density at radius 2 is 2.38 bits per heavy atom. The molecule has 0 bridgehead atoms. The Bertz CT molecular complexity index is 526. The lowest BCUT2D eigenvalue weighted by molar-refractivity contribution is 0.916. The predicted octanol–water partition coefficient (Wildman–Crippen LogP) is 1.47. The van der Waals surface area contributed by atoms with E-state index in [0.717, 1.165) is 23.1 Å². The van der Waals surface area contributed by atoms with Crippen LogP contribution in [0.25, 0.3) is 10.2 Å². The molecule has 0 saturated heterocycles. The third-order valence-corrected chi connectivity index (χ3v) is 3.77. The largest absolute Gasteiger partial charge is 0.312 e. The van der Waals surface area contributed by atoms with Crippen molar-refractivity contribution in [2.75, 3.05) is 0 Å². The lowest BCUT2D eigenvalue weighted by Gasteiger charge is -1.89. The molecule has 0 fully saturated rings. The Labute approximate surface area is 78.4 Å². The van der Waals surface area contributed by atoms with Gasteiger partial charge in [0.05, 0.1) is 11.8 Å². The van der Waals surface area contributed by atoms with Gasteiger partial charge in [-0.3, -0.25) is 4.79 Å². The van der Waals surface area contributed by atoms with Crippen LogP contribution in [0.15, 0.2) is 11.1 Å². The van der Waals surface area contributed by atoms with E-state index in [2.05, 4.69) is 9.97 Å². The minimum absolute atomic E-state index is 0.00407. The van der Waals surface area contributed by atoms with Crippen LogP contribution in [0.3, 0.4) is 0 Å². The Balaban J connectivity index is 2.51. The molecule has 0 aromatic carbocycles. The van der Waals surface area contributed by atoms with Crippen molar-refractivity contribution in [1.82, 2.24) is 9.97 Å². The van der Waals surface area contributed by atoms with E-state index in [1.54, 1.807) is 11.3 Å². The molecule has 0 aliphatic heterocycles. The molecule has 3 nitrogen and oxygen atoms in total. The van der Waals surface area contributed by atoms with E-state index in [0.29, 0.717) is 0 Å². The highest BCUT2D eigenvalue weighted by molar-refractivity contribution is 7.19. The second kappa shape index (κ2) is 2.42. The number of rotatable bonds is 0. The average molecular weight is 192 g/mol. The number of aryl methyl sites for hydroxylation is 2. The van der Waals surface area contributed by atoms with Gasteiger partial charge in [0.2, 0.25) is 0 Å². The van der Waals surface area contributed by atoms with Crippen molar-refractivity contribution >= 4 is 21.6 Å². The lowest BCUT2D eigenvalue weighted by atomic mass is 10.2. The molecule has 1 N–H and O–H groups in total. The minimum Gasteiger partial charge on any atom is -0.312 e. The summed E-state index contributed by atoms with van der Waals surface area (Å²) in [4.78, 5) is 19.6. The molecule has 2 heterocycles. The van der Waals surface area contributed by atoms with E-state index in [-0.39, 0.29) is 5.56 Å². The van der Waals surface area contributed by atoms with Crippen LogP contribution in [0, 0.1) is 0 Å². The summed E-state index contributed by atoms with van der Waals surface area (Å²) in [6, 6.07) is 0. The molecule has 0 saturated carbocycles. The van der Waals surface area contributed by atoms with E-state index >= 15 is 0 Å². The number of aromatic nitrogens is 2. The van der Waals surface area contributed by atoms with Crippen molar-refractivity contribution in [2.24, 2.45) is 0 Å². The fourth-order valence-corrected chi connectivity index (χ4v) is 3.14. The zero-order valence-electron chi connectivity index (χ0n) is 6.96. The summed E-state index contributed by atoms with van der Waals surface area (Å²) in [6.07, 6.45) is 4.92. The average Bonchev–Trinajstić information content (AvgIpc) is 2.65. The van der Waals surface area contributed by atoms with E-state index < -0.39 is 0 Å². The first-order valence-electron chi connectivity index (χ1n) is 4.34. The van der Waals surface area contributed by atoms with Gasteiger partial charge in [-0.25, -0.2) is 4.98 Å². The third kappa shape index (κ3) is 0.891. The number of aromatic amines is 1. The van der Waals surface area contributed by atoms with Crippen LogP contribution in [0.4, 0.5) is 0 Å². The number of hydrogen-bond donors (Lipinski definition) is 1. The molecule has 0 radical (unpaired) electrons. The molecular formula is C9H8N2OS. The SMILES string of the molecule is O=c1[nH]cnc2c3c(sc12)CCC3. The second-order valence-electron chi connectivity index (χ2n) is 3.27. The van der Waals surface area contributed by atoms with Crippen molar-refractivity contribution < 1.29 is 0 Å². The van der Waals surface area contributed by atoms with Gasteiger partial charge in [-0.2, -0.15) is 0 Å². The fourth-order valence-electron chi connectivity index (χ4n) is 1.90. The van der Waals surface area contributed by atoms with Crippen LogP contribution >= 0.6 is 11.3 Å². The van der Waals surface area contributed by atoms with Gasteiger partial charge in [-0.15, -0.1) is 11.3 Å². The van der Waals surface area contributed by atoms with Gasteiger partial charge in [0.15, 0.2) is 0 Å². The van der Waals surface area contributed by atoms with Gasteiger partial charge in [0.1, 0.15) is 4.70 Å². The second-order valence-corrected chi connectivity index (χ2v) is 4.37. The van der Waals surface area contributed by atoms with E-state index in [1.165, 1.54) is 23.2 Å². The Morgan fingerprint density at radius 1 is 1.46 bits per heavy atom. The minimum atomic E-state index is 0.00407. The monoisotopic (exact) mass is 192 g/mol. The first-order chi connectivity index (χ1) is 6.36. The van der Waals surface area contributed by atoms with Crippen LogP contribution in [-0.2, 0) is 12.8 Å². The van der Waals surface area contributed by atoms with Crippen LogP contribution in [0.2, 0.25) is 0 Å². The van der Waals surface area contributed by atoms with Crippen LogP contribution in [-0.4, -0.2) is 9.97 Å². The molecule has 0 atom stereocenters. The number of hydrogen-bond acceptors (Lipinski definition) is 3. The van der Waals surface area contributed by atoms with E-state index in [4.69, 9.17) is 0 Å². The predicted molar refractivity (Wildman–Crippen MR) is 52.3 cm³/mol. The summed E-state index contributed by atoms with van der Waals surface area (Å²) in [5.41, 5.74) is 2.25. The maximum absolute atomic E-state index is 11.4. The van der Waals surface area contributed by atoms with Crippen molar-refractivity contribution in [1.29, 1.82) is 0 Å². The molecule has 0 amide bonds. The topological polar surface area (TPSA) is 45.8 Å². The molecule has 66 valence electrons. The summed E-state index contributed by atoms with van der Waals surface area (Å²) in [5.74, 6) is 0. The van der Waals surface area contributed by atoms with Crippen molar-refractivity contribution in [3.63, 3.8) is 0 Å². The number of fused-ring (bicyclic) bond motifs is 3. The molecule has 1 aliphatic carbocycles. The summed E-state index contributed by atoms with van der Waals surface area (Å²) < 4.78 is 0.798. The summed E-state index contributed by atoms with van der Waals surface area (Å²) in [6.45, 7) is 0. The molecule has 3 rings (SSSR count). The normalized spacial score (nSPS) is 15.1. The highest BCUT2D eigenvalue weighted by Crippen LogP contribution is 2.33. The highest BCUT2D eigenvalue weighted by atomic mass is 32.1. The van der Waals surface area contributed by atoms with Crippen LogP contribution in [0.5, 0.6) is 0 Å². The molecule has 2 aromatic heterocycles. The van der Waals surface area contributed by atoms with Crippen molar-refractivity contribution in [3.8, 4) is 0 Å². The van der Waals surface area contributed by atoms with Gasteiger partial charge in [-0.1, -0.05) is 0 Å². The van der Waals surface area contributed by atoms with Gasteiger partial charge in [-0.05, 0) is 24.8 Å². The lowest BCUT2D eigenvalue weighted by Crippen LogP contribution is -2.03. The van der Waals surface area contributed by atoms with Gasteiger partial charge < -0.3 is 4.98 Å². The number of thiophene rings is 1. The summed E-state index contributed by atoms with van der Waals surface area (Å²) in [5, 5.41) is 0. The molecule has 2 aromatic rings. The molecule has 1 aliphatic rings. The Kier molecular flexibility index (Phi) is 1.35. The van der Waals surface area contributed by atoms with Crippen LogP contribution in [0.1, 0.15) is 16.9 Å². The number of nitrogens with one attached hydrogen (secondary N) is 1. The van der Waals surface area contributed by atoms with Gasteiger partial charge in [0, 0.05) is 4.88 Å². The summed E-state index contributed by atoms with van der Waals surface area (Å²) >= 11 is 1.61. The first-order valence-corrected chi connectivity index (χ1v) is 5.16. The van der Waals surface area contributed by atoms with Crippen LogP contribution < -0.4 is 5.56 Å². The van der Waals surface area contributed by atoms with E-state index in [9.17, 15) is 4.79 Å². The zero-order chi connectivity index (χ0) is 8.84. The molecular weight excluding hydrogens is 184 g/mol. The zero-order valence-corrected chi connectivity index (χ0v) is 7.78. The maximum atomic E-state index is 11.4. The van der Waals surface area contributed by atoms with E-state index in [1.807, 2.05) is 0 Å². The third-order valence-electron chi connectivity index (χ3n) is 2.49. The summed E-state index contributed by atoms with van der Waals surface area (Å²) in [7, 11) is 0.